The monoisotopic (exact) mass is 439 g/mol. The highest BCUT2D eigenvalue weighted by Gasteiger charge is 2.20. The fourth-order valence-electron chi connectivity index (χ4n) is 2.37. The quantitative estimate of drug-likeness (QED) is 0.414. The van der Waals surface area contributed by atoms with Gasteiger partial charge in [-0.2, -0.15) is 0 Å². The molecule has 0 aliphatic carbocycles. The first kappa shape index (κ1) is 20.3. The van der Waals surface area contributed by atoms with Crippen LogP contribution >= 0.6 is 24.0 Å². The number of methoxy groups -OCH3 is 1. The number of nitrogens with two attached hydrogens (primary N) is 1. The number of rotatable bonds is 5. The van der Waals surface area contributed by atoms with Gasteiger partial charge in [-0.1, -0.05) is 55.8 Å². The van der Waals surface area contributed by atoms with Crippen LogP contribution in [0.15, 0.2) is 53.5 Å². The highest BCUT2D eigenvalue weighted by Crippen LogP contribution is 2.25. The molecule has 2 rings (SSSR count). The van der Waals surface area contributed by atoms with Gasteiger partial charge in [0, 0.05) is 5.41 Å². The number of hydrogen-bond donors (Lipinski definition) is 2. The number of guanidine groups is 1. The highest BCUT2D eigenvalue weighted by molar-refractivity contribution is 14.0. The Hall–Kier alpha value is -1.76. The maximum atomic E-state index is 6.03. The van der Waals surface area contributed by atoms with Crippen molar-refractivity contribution in [3.63, 3.8) is 0 Å². The van der Waals surface area contributed by atoms with E-state index in [4.69, 9.17) is 10.5 Å². The molecule has 0 aromatic heterocycles. The lowest BCUT2D eigenvalue weighted by molar-refractivity contribution is 0.417. The average Bonchev–Trinajstić information content (AvgIpc) is 2.53. The van der Waals surface area contributed by atoms with Crippen LogP contribution in [0.3, 0.4) is 0 Å². The van der Waals surface area contributed by atoms with Gasteiger partial charge in [-0.3, -0.25) is 4.99 Å². The van der Waals surface area contributed by atoms with Crippen molar-refractivity contribution in [3.05, 3.63) is 59.7 Å². The van der Waals surface area contributed by atoms with Crippen LogP contribution in [-0.2, 0) is 5.41 Å². The van der Waals surface area contributed by atoms with Crippen molar-refractivity contribution in [2.24, 2.45) is 10.7 Å². The molecule has 0 saturated carbocycles. The molecule has 0 heterocycles. The van der Waals surface area contributed by atoms with E-state index in [2.05, 4.69) is 55.3 Å². The van der Waals surface area contributed by atoms with Crippen LogP contribution in [0.25, 0.3) is 0 Å². The summed E-state index contributed by atoms with van der Waals surface area (Å²) in [4.78, 5) is 4.50. The molecule has 3 N–H and O–H groups in total. The summed E-state index contributed by atoms with van der Waals surface area (Å²) in [7, 11) is 1.63. The summed E-state index contributed by atoms with van der Waals surface area (Å²) >= 11 is 0. The van der Waals surface area contributed by atoms with Crippen LogP contribution in [-0.4, -0.2) is 19.6 Å². The van der Waals surface area contributed by atoms with E-state index in [0.717, 1.165) is 11.4 Å². The molecule has 0 radical (unpaired) electrons. The van der Waals surface area contributed by atoms with Gasteiger partial charge in [-0.25, -0.2) is 0 Å². The molecule has 0 saturated heterocycles. The Morgan fingerprint density at radius 1 is 1.17 bits per heavy atom. The van der Waals surface area contributed by atoms with Crippen LogP contribution in [0.2, 0.25) is 0 Å². The second-order valence-electron chi connectivity index (χ2n) is 6.28. The lowest BCUT2D eigenvalue weighted by Gasteiger charge is -2.24. The molecular formula is C19H26IN3O. The van der Waals surface area contributed by atoms with Gasteiger partial charge >= 0.3 is 0 Å². The minimum absolute atomic E-state index is 0. The predicted molar refractivity (Wildman–Crippen MR) is 113 cm³/mol. The Balaban J connectivity index is 0.00000288. The number of aryl methyl sites for hydroxylation is 1. The van der Waals surface area contributed by atoms with E-state index in [1.54, 1.807) is 7.11 Å². The molecule has 0 aliphatic rings. The van der Waals surface area contributed by atoms with Crippen molar-refractivity contribution in [2.45, 2.75) is 26.2 Å². The lowest BCUT2D eigenvalue weighted by Crippen LogP contribution is -2.28. The highest BCUT2D eigenvalue weighted by atomic mass is 127. The number of hydrogen-bond acceptors (Lipinski definition) is 2. The molecule has 0 unspecified atom stereocenters. The van der Waals surface area contributed by atoms with E-state index in [1.165, 1.54) is 11.1 Å². The van der Waals surface area contributed by atoms with Crippen LogP contribution in [0, 0.1) is 6.92 Å². The molecule has 130 valence electrons. The number of nitrogens with zero attached hydrogens (tertiary/aromatic N) is 1. The van der Waals surface area contributed by atoms with E-state index in [1.807, 2.05) is 24.3 Å². The van der Waals surface area contributed by atoms with Crippen LogP contribution in [0.4, 0.5) is 5.69 Å². The van der Waals surface area contributed by atoms with Gasteiger partial charge in [-0.15, -0.1) is 24.0 Å². The summed E-state index contributed by atoms with van der Waals surface area (Å²) < 4.78 is 5.30. The van der Waals surface area contributed by atoms with Crippen molar-refractivity contribution < 1.29 is 4.74 Å². The molecule has 0 atom stereocenters. The molecule has 4 nitrogen and oxygen atoms in total. The van der Waals surface area contributed by atoms with Crippen molar-refractivity contribution in [2.75, 3.05) is 19.0 Å². The fourth-order valence-corrected chi connectivity index (χ4v) is 2.37. The maximum absolute atomic E-state index is 6.03. The molecule has 5 heteroatoms. The summed E-state index contributed by atoms with van der Waals surface area (Å²) in [6, 6.07) is 16.1. The SMILES string of the molecule is COc1ccccc1NC(N)=NCC(C)(C)c1cccc(C)c1.I. The molecule has 0 aliphatic heterocycles. The van der Waals surface area contributed by atoms with Crippen LogP contribution < -0.4 is 15.8 Å². The first-order valence-corrected chi connectivity index (χ1v) is 7.69. The zero-order chi connectivity index (χ0) is 16.9. The van der Waals surface area contributed by atoms with Crippen LogP contribution in [0.1, 0.15) is 25.0 Å². The molecule has 2 aromatic rings. The molecule has 0 fully saturated rings. The van der Waals surface area contributed by atoms with Crippen molar-refractivity contribution in [1.29, 1.82) is 0 Å². The number of ether oxygens (including phenoxy) is 1. The molecule has 0 amide bonds. The number of para-hydroxylation sites is 2. The van der Waals surface area contributed by atoms with Gasteiger partial charge in [0.1, 0.15) is 5.75 Å². The zero-order valence-corrected chi connectivity index (χ0v) is 17.0. The Morgan fingerprint density at radius 2 is 1.88 bits per heavy atom. The standard InChI is InChI=1S/C19H25N3O.HI/c1-14-8-7-9-15(12-14)19(2,3)13-21-18(20)22-16-10-5-6-11-17(16)23-4;/h5-12H,13H2,1-4H3,(H3,20,21,22);1H. The van der Waals surface area contributed by atoms with E-state index in [0.29, 0.717) is 12.5 Å². The predicted octanol–water partition coefficient (Wildman–Crippen LogP) is 4.33. The zero-order valence-electron chi connectivity index (χ0n) is 14.7. The third kappa shape index (κ3) is 5.40. The summed E-state index contributed by atoms with van der Waals surface area (Å²) in [5, 5.41) is 3.10. The first-order chi connectivity index (χ1) is 10.9. The molecule has 24 heavy (non-hydrogen) atoms. The van der Waals surface area contributed by atoms with Gasteiger partial charge in [0.15, 0.2) is 5.96 Å². The lowest BCUT2D eigenvalue weighted by atomic mass is 9.84. The Kier molecular flexibility index (Phi) is 7.54. The first-order valence-electron chi connectivity index (χ1n) is 7.69. The minimum atomic E-state index is -0.0842. The summed E-state index contributed by atoms with van der Waals surface area (Å²) in [6.45, 7) is 7.04. The largest absolute Gasteiger partial charge is 0.495 e. The topological polar surface area (TPSA) is 59.6 Å². The summed E-state index contributed by atoms with van der Waals surface area (Å²) in [5.74, 6) is 1.12. The smallest absolute Gasteiger partial charge is 0.193 e. The average molecular weight is 439 g/mol. The van der Waals surface area contributed by atoms with Crippen LogP contribution in [0.5, 0.6) is 5.75 Å². The van der Waals surface area contributed by atoms with Gasteiger partial charge in [0.2, 0.25) is 0 Å². The number of aliphatic imine (C=N–C) groups is 1. The van der Waals surface area contributed by atoms with Gasteiger partial charge in [0.05, 0.1) is 19.3 Å². The second-order valence-corrected chi connectivity index (χ2v) is 6.28. The van der Waals surface area contributed by atoms with Gasteiger partial charge in [-0.05, 0) is 24.6 Å². The fraction of sp³-hybridized carbons (Fsp3) is 0.316. The van der Waals surface area contributed by atoms with E-state index < -0.39 is 0 Å². The summed E-state index contributed by atoms with van der Waals surface area (Å²) in [6.07, 6.45) is 0. The van der Waals surface area contributed by atoms with Gasteiger partial charge < -0.3 is 15.8 Å². The van der Waals surface area contributed by atoms with E-state index in [9.17, 15) is 0 Å². The number of anilines is 1. The second kappa shape index (κ2) is 8.92. The molecule has 2 aromatic carbocycles. The van der Waals surface area contributed by atoms with E-state index in [-0.39, 0.29) is 29.4 Å². The molecular weight excluding hydrogens is 413 g/mol. The third-order valence-corrected chi connectivity index (χ3v) is 3.81. The Labute approximate surface area is 161 Å². The van der Waals surface area contributed by atoms with Gasteiger partial charge in [0.25, 0.3) is 0 Å². The number of nitrogens with one attached hydrogen (secondary N) is 1. The normalized spacial score (nSPS) is 11.6. The minimum Gasteiger partial charge on any atom is -0.495 e. The molecule has 0 spiro atoms. The van der Waals surface area contributed by atoms with Crippen molar-refractivity contribution in [3.8, 4) is 5.75 Å². The third-order valence-electron chi connectivity index (χ3n) is 3.81. The number of benzene rings is 2. The van der Waals surface area contributed by atoms with Crippen molar-refractivity contribution in [1.82, 2.24) is 0 Å². The Morgan fingerprint density at radius 3 is 2.54 bits per heavy atom. The number of halogens is 1. The summed E-state index contributed by atoms with van der Waals surface area (Å²) in [5.41, 5.74) is 9.26. The Bertz CT molecular complexity index is 699. The van der Waals surface area contributed by atoms with Crippen molar-refractivity contribution >= 4 is 35.6 Å². The maximum Gasteiger partial charge on any atom is 0.193 e. The molecule has 0 bridgehead atoms. The van der Waals surface area contributed by atoms with E-state index >= 15 is 0 Å².